The van der Waals surface area contributed by atoms with Gasteiger partial charge in [0, 0.05) is 19.3 Å². The summed E-state index contributed by atoms with van der Waals surface area (Å²) in [5.74, 6) is 0. The van der Waals surface area contributed by atoms with E-state index in [0.717, 1.165) is 31.7 Å². The maximum absolute atomic E-state index is 4.44. The van der Waals surface area contributed by atoms with Gasteiger partial charge in [0.1, 0.15) is 0 Å². The molecule has 1 aromatic heterocycles. The molecular formula is C18H23N3. The maximum atomic E-state index is 4.44. The van der Waals surface area contributed by atoms with Gasteiger partial charge in [-0.05, 0) is 44.5 Å². The van der Waals surface area contributed by atoms with Crippen molar-refractivity contribution in [1.82, 2.24) is 10.3 Å². The molecule has 1 saturated heterocycles. The van der Waals surface area contributed by atoms with Gasteiger partial charge in [-0.1, -0.05) is 30.3 Å². The lowest BCUT2D eigenvalue weighted by atomic mass is 9.91. The van der Waals surface area contributed by atoms with E-state index >= 15 is 0 Å². The molecule has 1 aliphatic rings. The average molecular weight is 281 g/mol. The quantitative estimate of drug-likeness (QED) is 0.917. The first-order valence-electron chi connectivity index (χ1n) is 7.66. The van der Waals surface area contributed by atoms with E-state index in [2.05, 4.69) is 65.4 Å². The second-order valence-corrected chi connectivity index (χ2v) is 6.01. The van der Waals surface area contributed by atoms with Crippen molar-refractivity contribution in [2.45, 2.75) is 25.8 Å². The van der Waals surface area contributed by atoms with Gasteiger partial charge in [0.15, 0.2) is 0 Å². The van der Waals surface area contributed by atoms with Gasteiger partial charge in [-0.3, -0.25) is 4.98 Å². The number of rotatable bonds is 2. The predicted molar refractivity (Wildman–Crippen MR) is 87.6 cm³/mol. The van der Waals surface area contributed by atoms with Gasteiger partial charge in [-0.15, -0.1) is 0 Å². The largest absolute Gasteiger partial charge is 0.368 e. The summed E-state index contributed by atoms with van der Waals surface area (Å²) in [6.45, 7) is 7.46. The van der Waals surface area contributed by atoms with E-state index in [4.69, 9.17) is 0 Å². The molecule has 3 rings (SSSR count). The van der Waals surface area contributed by atoms with Crippen LogP contribution >= 0.6 is 0 Å². The van der Waals surface area contributed by atoms with E-state index in [9.17, 15) is 0 Å². The number of nitrogens with zero attached hydrogens (tertiary/aromatic N) is 2. The van der Waals surface area contributed by atoms with E-state index in [1.807, 2.05) is 12.3 Å². The minimum Gasteiger partial charge on any atom is -0.368 e. The number of nitrogens with one attached hydrogen (secondary N) is 1. The van der Waals surface area contributed by atoms with Crippen LogP contribution in [-0.4, -0.2) is 24.6 Å². The molecule has 21 heavy (non-hydrogen) atoms. The van der Waals surface area contributed by atoms with Crippen molar-refractivity contribution >= 4 is 5.69 Å². The van der Waals surface area contributed by atoms with Crippen molar-refractivity contribution in [1.29, 1.82) is 0 Å². The summed E-state index contributed by atoms with van der Waals surface area (Å²) < 4.78 is 0. The van der Waals surface area contributed by atoms with Gasteiger partial charge in [0.25, 0.3) is 0 Å². The normalized spacial score (nSPS) is 22.9. The molecule has 1 N–H and O–H groups in total. The van der Waals surface area contributed by atoms with Crippen molar-refractivity contribution in [3.8, 4) is 0 Å². The summed E-state index contributed by atoms with van der Waals surface area (Å²) in [6.07, 6.45) is 3.02. The van der Waals surface area contributed by atoms with Gasteiger partial charge in [-0.2, -0.15) is 0 Å². The second kappa shape index (κ2) is 5.86. The lowest BCUT2D eigenvalue weighted by Gasteiger charge is -2.35. The summed E-state index contributed by atoms with van der Waals surface area (Å²) in [5.41, 5.74) is 3.68. The molecule has 3 heteroatoms. The molecule has 2 aromatic rings. The van der Waals surface area contributed by atoms with E-state index in [1.54, 1.807) is 0 Å². The van der Waals surface area contributed by atoms with Crippen LogP contribution in [0.3, 0.4) is 0 Å². The Kier molecular flexibility index (Phi) is 3.93. The van der Waals surface area contributed by atoms with Gasteiger partial charge in [0.2, 0.25) is 0 Å². The molecule has 1 aliphatic heterocycles. The van der Waals surface area contributed by atoms with Crippen molar-refractivity contribution in [2.75, 3.05) is 24.5 Å². The summed E-state index contributed by atoms with van der Waals surface area (Å²) >= 11 is 0. The molecule has 0 spiro atoms. The zero-order valence-corrected chi connectivity index (χ0v) is 12.8. The molecule has 0 bridgehead atoms. The van der Waals surface area contributed by atoms with Gasteiger partial charge >= 0.3 is 0 Å². The summed E-state index contributed by atoms with van der Waals surface area (Å²) in [5, 5.41) is 3.73. The highest BCUT2D eigenvalue weighted by atomic mass is 15.2. The fourth-order valence-electron chi connectivity index (χ4n) is 3.17. The molecule has 1 fully saturated rings. The highest BCUT2D eigenvalue weighted by molar-refractivity contribution is 5.51. The molecular weight excluding hydrogens is 258 g/mol. The number of hydrogen-bond donors (Lipinski definition) is 1. The zero-order valence-electron chi connectivity index (χ0n) is 12.8. The van der Waals surface area contributed by atoms with Crippen LogP contribution in [0.25, 0.3) is 0 Å². The van der Waals surface area contributed by atoms with Crippen molar-refractivity contribution < 1.29 is 0 Å². The van der Waals surface area contributed by atoms with E-state index in [0.29, 0.717) is 0 Å². The van der Waals surface area contributed by atoms with Crippen molar-refractivity contribution in [3.05, 3.63) is 59.9 Å². The average Bonchev–Trinajstić information content (AvgIpc) is 2.72. The Morgan fingerprint density at radius 3 is 2.71 bits per heavy atom. The van der Waals surface area contributed by atoms with Crippen LogP contribution < -0.4 is 10.2 Å². The van der Waals surface area contributed by atoms with Crippen LogP contribution in [0.5, 0.6) is 0 Å². The summed E-state index contributed by atoms with van der Waals surface area (Å²) in [4.78, 5) is 6.91. The molecule has 1 unspecified atom stereocenters. The van der Waals surface area contributed by atoms with Crippen molar-refractivity contribution in [2.24, 2.45) is 0 Å². The molecule has 110 valence electrons. The van der Waals surface area contributed by atoms with Gasteiger partial charge in [-0.25, -0.2) is 0 Å². The molecule has 0 saturated carbocycles. The Balaban J connectivity index is 1.93. The van der Waals surface area contributed by atoms with Gasteiger partial charge in [0.05, 0.1) is 16.9 Å². The highest BCUT2D eigenvalue weighted by Gasteiger charge is 2.31. The third kappa shape index (κ3) is 2.93. The molecule has 2 heterocycles. The van der Waals surface area contributed by atoms with Crippen LogP contribution in [0, 0.1) is 6.92 Å². The second-order valence-electron chi connectivity index (χ2n) is 6.01. The third-order valence-corrected chi connectivity index (χ3v) is 4.36. The molecule has 0 aliphatic carbocycles. The molecule has 3 nitrogen and oxygen atoms in total. The van der Waals surface area contributed by atoms with Crippen LogP contribution in [0.15, 0.2) is 48.7 Å². The topological polar surface area (TPSA) is 28.2 Å². The first-order chi connectivity index (χ1) is 10.2. The van der Waals surface area contributed by atoms with E-state index < -0.39 is 0 Å². The first kappa shape index (κ1) is 14.1. The Morgan fingerprint density at radius 2 is 1.95 bits per heavy atom. The van der Waals surface area contributed by atoms with Crippen molar-refractivity contribution in [3.63, 3.8) is 0 Å². The number of pyridine rings is 1. The monoisotopic (exact) mass is 281 g/mol. The Labute approximate surface area is 127 Å². The smallest absolute Gasteiger partial charge is 0.0605 e. The third-order valence-electron chi connectivity index (χ3n) is 4.36. The molecule has 0 amide bonds. The minimum atomic E-state index is -0.0277. The summed E-state index contributed by atoms with van der Waals surface area (Å²) in [6, 6.07) is 14.9. The number of aromatic nitrogens is 1. The summed E-state index contributed by atoms with van der Waals surface area (Å²) in [7, 11) is 0. The maximum Gasteiger partial charge on any atom is 0.0605 e. The van der Waals surface area contributed by atoms with Gasteiger partial charge < -0.3 is 10.2 Å². The molecule has 0 radical (unpaired) electrons. The van der Waals surface area contributed by atoms with Crippen LogP contribution in [0.2, 0.25) is 0 Å². The number of hydrogen-bond acceptors (Lipinski definition) is 3. The Morgan fingerprint density at radius 1 is 1.14 bits per heavy atom. The molecule has 1 atom stereocenters. The highest BCUT2D eigenvalue weighted by Crippen LogP contribution is 2.28. The number of aryl methyl sites for hydroxylation is 1. The van der Waals surface area contributed by atoms with E-state index in [-0.39, 0.29) is 5.54 Å². The van der Waals surface area contributed by atoms with Crippen LogP contribution in [0.4, 0.5) is 5.69 Å². The standard InChI is InChI=1S/C18H23N3/c1-15-17(10-6-11-19-15)21-13-7-12-20-18(2,14-21)16-8-4-3-5-9-16/h3-6,8-11,20H,7,12-14H2,1-2H3. The number of benzene rings is 1. The first-order valence-corrected chi connectivity index (χ1v) is 7.66. The fourth-order valence-corrected chi connectivity index (χ4v) is 3.17. The SMILES string of the molecule is Cc1ncccc1N1CCCNC(C)(c2ccccc2)C1. The van der Waals surface area contributed by atoms with Crippen LogP contribution in [-0.2, 0) is 5.54 Å². The fraction of sp³-hybridized carbons (Fsp3) is 0.389. The Hall–Kier alpha value is -1.87. The lowest BCUT2D eigenvalue weighted by Crippen LogP contribution is -2.46. The Bertz CT molecular complexity index is 596. The lowest BCUT2D eigenvalue weighted by molar-refractivity contribution is 0.392. The van der Waals surface area contributed by atoms with Crippen LogP contribution in [0.1, 0.15) is 24.6 Å². The predicted octanol–water partition coefficient (Wildman–Crippen LogP) is 3.11. The van der Waals surface area contributed by atoms with E-state index in [1.165, 1.54) is 11.3 Å². The zero-order chi connectivity index (χ0) is 14.7. The molecule has 1 aromatic carbocycles. The number of anilines is 1. The minimum absolute atomic E-state index is 0.0277.